The number of hydrogen-bond donors (Lipinski definition) is 2. The number of likely N-dealkylation sites (tertiary alicyclic amines) is 1. The fourth-order valence-electron chi connectivity index (χ4n) is 2.96. The van der Waals surface area contributed by atoms with Crippen molar-refractivity contribution in [1.29, 1.82) is 0 Å². The van der Waals surface area contributed by atoms with E-state index in [9.17, 15) is 9.59 Å². The molecule has 0 aliphatic carbocycles. The number of nitrogens with one attached hydrogen (secondary N) is 2. The van der Waals surface area contributed by atoms with Gasteiger partial charge >= 0.3 is 11.8 Å². The van der Waals surface area contributed by atoms with Crippen molar-refractivity contribution in [2.24, 2.45) is 0 Å². The van der Waals surface area contributed by atoms with Crippen molar-refractivity contribution >= 4 is 17.5 Å². The van der Waals surface area contributed by atoms with E-state index in [2.05, 4.69) is 22.5 Å². The van der Waals surface area contributed by atoms with Crippen molar-refractivity contribution < 1.29 is 9.59 Å². The largest absolute Gasteiger partial charge is 0.346 e. The first kappa shape index (κ1) is 16.5. The quantitative estimate of drug-likeness (QED) is 0.815. The maximum absolute atomic E-state index is 12.0. The van der Waals surface area contributed by atoms with E-state index in [1.165, 1.54) is 0 Å². The number of para-hydroxylation sites is 1. The van der Waals surface area contributed by atoms with Gasteiger partial charge in [-0.05, 0) is 44.0 Å². The van der Waals surface area contributed by atoms with Gasteiger partial charge in [0.15, 0.2) is 0 Å². The molecule has 1 fully saturated rings. The molecule has 0 radical (unpaired) electrons. The van der Waals surface area contributed by atoms with Crippen LogP contribution in [0.4, 0.5) is 5.69 Å². The molecule has 1 atom stereocenters. The van der Waals surface area contributed by atoms with Crippen LogP contribution >= 0.6 is 0 Å². The summed E-state index contributed by atoms with van der Waals surface area (Å²) in [5.74, 6) is -1.16. The van der Waals surface area contributed by atoms with Crippen LogP contribution < -0.4 is 10.6 Å². The Morgan fingerprint density at radius 3 is 2.73 bits per heavy atom. The van der Waals surface area contributed by atoms with Crippen LogP contribution in [0.2, 0.25) is 0 Å². The first-order valence-corrected chi connectivity index (χ1v) is 8.06. The van der Waals surface area contributed by atoms with Gasteiger partial charge < -0.3 is 10.6 Å². The summed E-state index contributed by atoms with van der Waals surface area (Å²) in [6.07, 6.45) is 3.05. The van der Waals surface area contributed by atoms with Gasteiger partial charge in [0.25, 0.3) is 0 Å². The van der Waals surface area contributed by atoms with E-state index >= 15 is 0 Å². The molecule has 1 unspecified atom stereocenters. The molecule has 1 heterocycles. The highest BCUT2D eigenvalue weighted by atomic mass is 16.2. The second-order valence-corrected chi connectivity index (χ2v) is 5.60. The third kappa shape index (κ3) is 4.07. The number of carbonyl (C=O) groups is 2. The van der Waals surface area contributed by atoms with Gasteiger partial charge in [0.2, 0.25) is 0 Å². The Bertz CT molecular complexity index is 530. The molecule has 5 nitrogen and oxygen atoms in total. The van der Waals surface area contributed by atoms with Gasteiger partial charge in [0, 0.05) is 18.3 Å². The number of benzene rings is 1. The fourth-order valence-corrected chi connectivity index (χ4v) is 2.96. The molecule has 1 aliphatic heterocycles. The number of hydrogen-bond acceptors (Lipinski definition) is 3. The molecule has 1 aromatic carbocycles. The lowest BCUT2D eigenvalue weighted by atomic mass is 10.1. The van der Waals surface area contributed by atoms with Gasteiger partial charge in [-0.3, -0.25) is 14.5 Å². The zero-order valence-corrected chi connectivity index (χ0v) is 13.4. The van der Waals surface area contributed by atoms with Gasteiger partial charge in [-0.15, -0.1) is 0 Å². The van der Waals surface area contributed by atoms with E-state index in [1.54, 1.807) is 0 Å². The lowest BCUT2D eigenvalue weighted by molar-refractivity contribution is -0.136. The van der Waals surface area contributed by atoms with E-state index in [-0.39, 0.29) is 0 Å². The Morgan fingerprint density at radius 1 is 1.23 bits per heavy atom. The highest BCUT2D eigenvalue weighted by molar-refractivity contribution is 6.39. The smallest absolute Gasteiger partial charge is 0.313 e. The molecule has 0 spiro atoms. The van der Waals surface area contributed by atoms with E-state index < -0.39 is 11.8 Å². The maximum atomic E-state index is 12.0. The summed E-state index contributed by atoms with van der Waals surface area (Å²) in [6, 6.07) is 7.90. The van der Waals surface area contributed by atoms with Gasteiger partial charge in [0.05, 0.1) is 0 Å². The SMILES string of the molecule is CCc1ccccc1NC(=O)C(=O)NCC1CCCN1CC. The molecule has 5 heteroatoms. The first-order valence-electron chi connectivity index (χ1n) is 8.06. The van der Waals surface area contributed by atoms with Crippen LogP contribution in [0.25, 0.3) is 0 Å². The first-order chi connectivity index (χ1) is 10.7. The molecule has 1 aromatic rings. The Hall–Kier alpha value is -1.88. The van der Waals surface area contributed by atoms with Gasteiger partial charge in [0.1, 0.15) is 0 Å². The Labute approximate surface area is 132 Å². The summed E-state index contributed by atoms with van der Waals surface area (Å²) in [4.78, 5) is 26.3. The molecule has 1 aliphatic rings. The van der Waals surface area contributed by atoms with Crippen molar-refractivity contribution in [3.05, 3.63) is 29.8 Å². The summed E-state index contributed by atoms with van der Waals surface area (Å²) in [6.45, 7) is 6.73. The molecule has 2 amide bonds. The van der Waals surface area contributed by atoms with E-state index in [4.69, 9.17) is 0 Å². The number of amides is 2. The Kier molecular flexibility index (Phi) is 5.95. The summed E-state index contributed by atoms with van der Waals surface area (Å²) in [5.41, 5.74) is 1.73. The summed E-state index contributed by atoms with van der Waals surface area (Å²) < 4.78 is 0. The normalized spacial score (nSPS) is 18.2. The third-order valence-electron chi connectivity index (χ3n) is 4.26. The van der Waals surface area contributed by atoms with Gasteiger partial charge in [-0.1, -0.05) is 32.0 Å². The van der Waals surface area contributed by atoms with E-state index in [0.29, 0.717) is 18.3 Å². The predicted molar refractivity (Wildman–Crippen MR) is 87.7 cm³/mol. The highest BCUT2D eigenvalue weighted by Gasteiger charge is 2.24. The Balaban J connectivity index is 1.86. The lowest BCUT2D eigenvalue weighted by Crippen LogP contribution is -2.43. The average molecular weight is 303 g/mol. The minimum atomic E-state index is -0.595. The maximum Gasteiger partial charge on any atom is 0.313 e. The molecule has 2 rings (SSSR count). The van der Waals surface area contributed by atoms with Crippen molar-refractivity contribution in [3.63, 3.8) is 0 Å². The minimum absolute atomic E-state index is 0.352. The number of nitrogens with zero attached hydrogens (tertiary/aromatic N) is 1. The number of aryl methyl sites for hydroxylation is 1. The predicted octanol–water partition coefficient (Wildman–Crippen LogP) is 1.79. The van der Waals surface area contributed by atoms with Crippen molar-refractivity contribution in [3.8, 4) is 0 Å². The van der Waals surface area contributed by atoms with Crippen LogP contribution in [0, 0.1) is 0 Å². The fraction of sp³-hybridized carbons (Fsp3) is 0.529. The summed E-state index contributed by atoms with van der Waals surface area (Å²) in [7, 11) is 0. The molecule has 0 aromatic heterocycles. The van der Waals surface area contributed by atoms with Crippen LogP contribution in [-0.4, -0.2) is 42.4 Å². The van der Waals surface area contributed by atoms with Crippen molar-refractivity contribution in [1.82, 2.24) is 10.2 Å². The van der Waals surface area contributed by atoms with Crippen molar-refractivity contribution in [2.45, 2.75) is 39.2 Å². The molecular weight excluding hydrogens is 278 g/mol. The molecule has 22 heavy (non-hydrogen) atoms. The van der Waals surface area contributed by atoms with E-state index in [1.807, 2.05) is 31.2 Å². The molecule has 120 valence electrons. The van der Waals surface area contributed by atoms with E-state index in [0.717, 1.165) is 37.9 Å². The number of anilines is 1. The van der Waals surface area contributed by atoms with Crippen LogP contribution in [-0.2, 0) is 16.0 Å². The van der Waals surface area contributed by atoms with Crippen molar-refractivity contribution in [2.75, 3.05) is 25.0 Å². The average Bonchev–Trinajstić information content (AvgIpc) is 3.00. The zero-order chi connectivity index (χ0) is 15.9. The monoisotopic (exact) mass is 303 g/mol. The lowest BCUT2D eigenvalue weighted by Gasteiger charge is -2.22. The third-order valence-corrected chi connectivity index (χ3v) is 4.26. The minimum Gasteiger partial charge on any atom is -0.346 e. The second-order valence-electron chi connectivity index (χ2n) is 5.60. The van der Waals surface area contributed by atoms with Gasteiger partial charge in [-0.25, -0.2) is 0 Å². The molecule has 0 bridgehead atoms. The van der Waals surface area contributed by atoms with Crippen LogP contribution in [0.3, 0.4) is 0 Å². The second kappa shape index (κ2) is 7.94. The standard InChI is InChI=1S/C17H25N3O2/c1-3-13-8-5-6-10-15(13)19-17(22)16(21)18-12-14-9-7-11-20(14)4-2/h5-6,8,10,14H,3-4,7,9,11-12H2,1-2H3,(H,18,21)(H,19,22). The zero-order valence-electron chi connectivity index (χ0n) is 13.4. The van der Waals surface area contributed by atoms with Crippen LogP contribution in [0.5, 0.6) is 0 Å². The molecular formula is C17H25N3O2. The van der Waals surface area contributed by atoms with Crippen LogP contribution in [0.1, 0.15) is 32.3 Å². The summed E-state index contributed by atoms with van der Waals surface area (Å²) >= 11 is 0. The Morgan fingerprint density at radius 2 is 2.00 bits per heavy atom. The molecule has 0 saturated carbocycles. The van der Waals surface area contributed by atoms with Crippen LogP contribution in [0.15, 0.2) is 24.3 Å². The molecule has 2 N–H and O–H groups in total. The number of carbonyl (C=O) groups excluding carboxylic acids is 2. The topological polar surface area (TPSA) is 61.4 Å². The molecule has 1 saturated heterocycles. The number of rotatable bonds is 5. The summed E-state index contributed by atoms with van der Waals surface area (Å²) in [5, 5.41) is 5.45. The number of likely N-dealkylation sites (N-methyl/N-ethyl adjacent to an activating group) is 1. The highest BCUT2D eigenvalue weighted by Crippen LogP contribution is 2.16. The van der Waals surface area contributed by atoms with Gasteiger partial charge in [-0.2, -0.15) is 0 Å².